The van der Waals surface area contributed by atoms with E-state index in [-0.39, 0.29) is 27.9 Å². The summed E-state index contributed by atoms with van der Waals surface area (Å²) in [6.45, 7) is 4.75. The number of hydrogen-bond donors (Lipinski definition) is 1. The summed E-state index contributed by atoms with van der Waals surface area (Å²) in [5.41, 5.74) is 1.41. The van der Waals surface area contributed by atoms with Crippen LogP contribution in [0, 0.1) is 10.1 Å². The molecule has 0 fully saturated rings. The summed E-state index contributed by atoms with van der Waals surface area (Å²) in [4.78, 5) is 35.1. The molecule has 0 bridgehead atoms. The highest BCUT2D eigenvalue weighted by molar-refractivity contribution is 7.87. The summed E-state index contributed by atoms with van der Waals surface area (Å²) in [6.07, 6.45) is 0. The molecule has 1 aliphatic heterocycles. The lowest BCUT2D eigenvalue weighted by molar-refractivity contribution is -0.384. The molecule has 0 aliphatic carbocycles. The third-order valence-electron chi connectivity index (χ3n) is 5.67. The van der Waals surface area contributed by atoms with Gasteiger partial charge in [0.2, 0.25) is 0 Å². The Labute approximate surface area is 217 Å². The number of ether oxygens (including phenoxy) is 2. The number of rotatable bonds is 8. The molecule has 0 spiro atoms. The van der Waals surface area contributed by atoms with Gasteiger partial charge in [-0.25, -0.2) is 4.79 Å². The minimum atomic E-state index is -4.53. The van der Waals surface area contributed by atoms with E-state index >= 15 is 0 Å². The largest absolute Gasteiger partial charge is 0.493 e. The second kappa shape index (κ2) is 10.6. The number of benzene rings is 2. The van der Waals surface area contributed by atoms with Gasteiger partial charge in [0.05, 0.1) is 24.7 Å². The summed E-state index contributed by atoms with van der Waals surface area (Å²) in [6, 6.07) is 7.17. The number of dihydropyridines is 1. The Balaban J connectivity index is 2.10. The van der Waals surface area contributed by atoms with Crippen LogP contribution in [0.1, 0.15) is 32.3 Å². The summed E-state index contributed by atoms with van der Waals surface area (Å²) in [5, 5.41) is 14.0. The normalized spacial score (nSPS) is 15.7. The van der Waals surface area contributed by atoms with Crippen molar-refractivity contribution in [2.45, 2.75) is 31.6 Å². The number of carbonyl (C=O) groups excluding carboxylic acids is 2. The average Bonchev–Trinajstić information content (AvgIpc) is 2.82. The molecule has 0 unspecified atom stereocenters. The molecule has 196 valence electrons. The Kier molecular flexibility index (Phi) is 7.94. The number of nitrogens with zero attached hydrogens (tertiary/aromatic N) is 1. The molecule has 0 amide bonds. The topological polar surface area (TPSA) is 151 Å². The van der Waals surface area contributed by atoms with E-state index < -0.39 is 37.5 Å². The predicted octanol–water partition coefficient (Wildman–Crippen LogP) is 4.02. The van der Waals surface area contributed by atoms with Crippen molar-refractivity contribution in [3.05, 3.63) is 79.6 Å². The fourth-order valence-electron chi connectivity index (χ4n) is 4.06. The van der Waals surface area contributed by atoms with Crippen molar-refractivity contribution >= 4 is 39.2 Å². The number of carbonyl (C=O) groups is 2. The molecule has 2 aromatic carbocycles. The van der Waals surface area contributed by atoms with Crippen molar-refractivity contribution in [2.75, 3.05) is 14.2 Å². The summed E-state index contributed by atoms with van der Waals surface area (Å²) in [7, 11) is -2.02. The van der Waals surface area contributed by atoms with Crippen LogP contribution in [-0.2, 0) is 24.4 Å². The third kappa shape index (κ3) is 5.44. The Morgan fingerprint density at radius 3 is 2.24 bits per heavy atom. The summed E-state index contributed by atoms with van der Waals surface area (Å²) in [5.74, 6) is -2.00. The highest BCUT2D eigenvalue weighted by Crippen LogP contribution is 2.42. The van der Waals surface area contributed by atoms with Crippen LogP contribution in [-0.4, -0.2) is 39.3 Å². The minimum absolute atomic E-state index is 0.0227. The summed E-state index contributed by atoms with van der Waals surface area (Å²) < 4.78 is 41.3. The highest BCUT2D eigenvalue weighted by atomic mass is 35.5. The van der Waals surface area contributed by atoms with Crippen molar-refractivity contribution in [3.8, 4) is 11.5 Å². The van der Waals surface area contributed by atoms with Gasteiger partial charge in [-0.05, 0) is 50.6 Å². The standard InChI is InChI=1S/C24H23ClN2O9S/c1-12-21(14(3)28)23(22(13(2)26-12)24(29)35-5)15-6-9-19(20(10-15)34-4)36-37(32,33)16-7-8-17(25)18(11-16)27(30)31/h6-11,23,26H,1-5H3/t23-/m0/s1. The van der Waals surface area contributed by atoms with Crippen LogP contribution in [0.15, 0.2) is 63.8 Å². The first-order valence-corrected chi connectivity index (χ1v) is 12.4. The third-order valence-corrected chi connectivity index (χ3v) is 7.22. The smallest absolute Gasteiger partial charge is 0.339 e. The zero-order valence-corrected chi connectivity index (χ0v) is 22.0. The molecule has 13 heteroatoms. The fourth-order valence-corrected chi connectivity index (χ4v) is 5.21. The number of nitro benzene ring substituents is 1. The SMILES string of the molecule is COC(=O)C1=C(C)NC(C)=C(C(C)=O)[C@@H]1c1ccc(OS(=O)(=O)c2ccc(Cl)c([N+](=O)[O-])c2)c(OC)c1. The van der Waals surface area contributed by atoms with Crippen molar-refractivity contribution in [1.29, 1.82) is 0 Å². The second-order valence-electron chi connectivity index (χ2n) is 8.00. The number of ketones is 1. The zero-order valence-electron chi connectivity index (χ0n) is 20.4. The molecule has 0 aromatic heterocycles. The second-order valence-corrected chi connectivity index (χ2v) is 9.95. The minimum Gasteiger partial charge on any atom is -0.493 e. The molecule has 1 heterocycles. The number of nitro groups is 1. The molecule has 0 saturated heterocycles. The number of esters is 1. The van der Waals surface area contributed by atoms with Crippen LogP contribution in [0.5, 0.6) is 11.5 Å². The number of allylic oxidation sites excluding steroid dienone is 3. The summed E-state index contributed by atoms with van der Waals surface area (Å²) >= 11 is 5.77. The van der Waals surface area contributed by atoms with Crippen molar-refractivity contribution in [1.82, 2.24) is 5.32 Å². The lowest BCUT2D eigenvalue weighted by Gasteiger charge is -2.30. The molecule has 2 aromatic rings. The molecule has 1 aliphatic rings. The van der Waals surface area contributed by atoms with Crippen LogP contribution >= 0.6 is 11.6 Å². The molecule has 37 heavy (non-hydrogen) atoms. The van der Waals surface area contributed by atoms with E-state index in [9.17, 15) is 28.1 Å². The van der Waals surface area contributed by atoms with Gasteiger partial charge >= 0.3 is 16.1 Å². The molecular formula is C24H23ClN2O9S. The van der Waals surface area contributed by atoms with Crippen LogP contribution in [0.4, 0.5) is 5.69 Å². The predicted molar refractivity (Wildman–Crippen MR) is 133 cm³/mol. The first-order chi connectivity index (χ1) is 17.3. The Morgan fingerprint density at radius 1 is 1.03 bits per heavy atom. The maximum absolute atomic E-state index is 12.9. The number of nitrogens with one attached hydrogen (secondary N) is 1. The van der Waals surface area contributed by atoms with E-state index in [4.69, 9.17) is 25.3 Å². The van der Waals surface area contributed by atoms with Gasteiger partial charge in [0, 0.05) is 29.0 Å². The van der Waals surface area contributed by atoms with Crippen LogP contribution in [0.2, 0.25) is 5.02 Å². The lowest BCUT2D eigenvalue weighted by atomic mass is 9.79. The van der Waals surface area contributed by atoms with Gasteiger partial charge in [-0.15, -0.1) is 0 Å². The maximum atomic E-state index is 12.9. The lowest BCUT2D eigenvalue weighted by Crippen LogP contribution is -2.31. The van der Waals surface area contributed by atoms with Gasteiger partial charge in [-0.1, -0.05) is 17.7 Å². The average molecular weight is 551 g/mol. The maximum Gasteiger partial charge on any atom is 0.339 e. The molecule has 3 rings (SSSR count). The van der Waals surface area contributed by atoms with E-state index in [0.29, 0.717) is 22.5 Å². The number of halogens is 1. The molecule has 1 atom stereocenters. The van der Waals surface area contributed by atoms with Crippen molar-refractivity contribution < 1.29 is 36.6 Å². The van der Waals surface area contributed by atoms with Gasteiger partial charge in [0.15, 0.2) is 17.3 Å². The van der Waals surface area contributed by atoms with E-state index in [1.165, 1.54) is 39.3 Å². The number of methoxy groups -OCH3 is 2. The Hall–Kier alpha value is -3.90. The number of Topliss-reactive ketones (excluding diaryl/α,β-unsaturated/α-hetero) is 1. The van der Waals surface area contributed by atoms with Crippen LogP contribution < -0.4 is 14.2 Å². The Morgan fingerprint density at radius 2 is 1.68 bits per heavy atom. The van der Waals surface area contributed by atoms with Crippen LogP contribution in [0.25, 0.3) is 0 Å². The van der Waals surface area contributed by atoms with E-state index in [1.54, 1.807) is 13.8 Å². The number of hydrogen-bond acceptors (Lipinski definition) is 10. The molecule has 0 radical (unpaired) electrons. The zero-order chi connectivity index (χ0) is 27.7. The first-order valence-electron chi connectivity index (χ1n) is 10.7. The van der Waals surface area contributed by atoms with E-state index in [2.05, 4.69) is 5.32 Å². The van der Waals surface area contributed by atoms with Gasteiger partial charge < -0.3 is 19.0 Å². The highest BCUT2D eigenvalue weighted by Gasteiger charge is 2.36. The van der Waals surface area contributed by atoms with Gasteiger partial charge in [-0.2, -0.15) is 8.42 Å². The van der Waals surface area contributed by atoms with E-state index in [0.717, 1.165) is 18.2 Å². The van der Waals surface area contributed by atoms with E-state index in [1.807, 2.05) is 0 Å². The van der Waals surface area contributed by atoms with Gasteiger partial charge in [0.1, 0.15) is 9.92 Å². The van der Waals surface area contributed by atoms with Gasteiger partial charge in [-0.3, -0.25) is 14.9 Å². The molecule has 0 saturated carbocycles. The van der Waals surface area contributed by atoms with Crippen molar-refractivity contribution in [2.24, 2.45) is 0 Å². The molecule has 11 nitrogen and oxygen atoms in total. The molecular weight excluding hydrogens is 528 g/mol. The quantitative estimate of drug-likeness (QED) is 0.221. The van der Waals surface area contributed by atoms with Crippen molar-refractivity contribution in [3.63, 3.8) is 0 Å². The molecule has 1 N–H and O–H groups in total. The fraction of sp³-hybridized carbons (Fsp3) is 0.250. The van der Waals surface area contributed by atoms with Crippen LogP contribution in [0.3, 0.4) is 0 Å². The van der Waals surface area contributed by atoms with Gasteiger partial charge in [0.25, 0.3) is 5.69 Å². The Bertz CT molecular complexity index is 1480. The first kappa shape index (κ1) is 27.7. The monoisotopic (exact) mass is 550 g/mol.